The van der Waals surface area contributed by atoms with Crippen molar-refractivity contribution < 1.29 is 0 Å². The molecule has 0 aliphatic carbocycles. The summed E-state index contributed by atoms with van der Waals surface area (Å²) in [5.41, 5.74) is 2.31. The van der Waals surface area contributed by atoms with Crippen LogP contribution in [0, 0.1) is 12.8 Å². The summed E-state index contributed by atoms with van der Waals surface area (Å²) in [5.74, 6) is 0.838. The molecule has 5 heteroatoms. The third-order valence-electron chi connectivity index (χ3n) is 5.13. The number of hydrogen-bond acceptors (Lipinski definition) is 3. The van der Waals surface area contributed by atoms with Gasteiger partial charge in [0.05, 0.1) is 6.54 Å². The highest BCUT2D eigenvalue weighted by Gasteiger charge is 2.17. The Morgan fingerprint density at radius 1 is 1.33 bits per heavy atom. The molecule has 2 heterocycles. The molecule has 2 aromatic rings. The fourth-order valence-corrected chi connectivity index (χ4v) is 4.74. The van der Waals surface area contributed by atoms with E-state index in [0.717, 1.165) is 36.2 Å². The lowest BCUT2D eigenvalue weighted by Crippen LogP contribution is -2.39. The molecule has 146 valence electrons. The van der Waals surface area contributed by atoms with Gasteiger partial charge in [0.25, 0.3) is 0 Å². The fraction of sp³-hybridized carbons (Fsp3) is 0.500. The lowest BCUT2D eigenvalue weighted by atomic mass is 10.0. The zero-order valence-corrected chi connectivity index (χ0v) is 18.1. The van der Waals surface area contributed by atoms with Gasteiger partial charge in [-0.2, -0.15) is 0 Å². The first-order chi connectivity index (χ1) is 13.1. The molecule has 0 amide bonds. The normalized spacial score (nSPS) is 17.6. The maximum absolute atomic E-state index is 5.77. The number of nitrogens with zero attached hydrogens (tertiary/aromatic N) is 2. The van der Waals surface area contributed by atoms with E-state index in [4.69, 9.17) is 12.2 Å². The van der Waals surface area contributed by atoms with Gasteiger partial charge in [-0.15, -0.1) is 11.3 Å². The maximum Gasteiger partial charge on any atom is 0.173 e. The number of thiocarbonyl (C=S) groups is 1. The molecule has 0 unspecified atom stereocenters. The average Bonchev–Trinajstić information content (AvgIpc) is 3.14. The predicted octanol–water partition coefficient (Wildman–Crippen LogP) is 5.38. The van der Waals surface area contributed by atoms with E-state index in [9.17, 15) is 0 Å². The lowest BCUT2D eigenvalue weighted by Gasteiger charge is -2.32. The summed E-state index contributed by atoms with van der Waals surface area (Å²) in [4.78, 5) is 6.29. The Hall–Kier alpha value is -1.43. The number of rotatable bonds is 7. The van der Waals surface area contributed by atoms with Crippen molar-refractivity contribution in [3.05, 3.63) is 52.2 Å². The smallest absolute Gasteiger partial charge is 0.173 e. The molecule has 1 aromatic carbocycles. The molecular weight excluding hydrogens is 370 g/mol. The summed E-state index contributed by atoms with van der Waals surface area (Å²) < 4.78 is 0. The minimum Gasteiger partial charge on any atom is -0.344 e. The summed E-state index contributed by atoms with van der Waals surface area (Å²) >= 11 is 7.57. The van der Waals surface area contributed by atoms with Crippen LogP contribution in [0.2, 0.25) is 0 Å². The topological polar surface area (TPSA) is 18.5 Å². The molecule has 1 aliphatic heterocycles. The number of aryl methyl sites for hydroxylation is 1. The number of nitrogens with one attached hydrogen (secondary N) is 1. The van der Waals surface area contributed by atoms with Crippen molar-refractivity contribution in [2.75, 3.05) is 31.5 Å². The zero-order chi connectivity index (χ0) is 19.1. The van der Waals surface area contributed by atoms with Gasteiger partial charge in [-0.1, -0.05) is 25.1 Å². The second-order valence-electron chi connectivity index (χ2n) is 7.70. The van der Waals surface area contributed by atoms with Crippen molar-refractivity contribution >= 4 is 34.4 Å². The second kappa shape index (κ2) is 10.2. The maximum atomic E-state index is 5.77. The number of thiophene rings is 1. The molecule has 1 N–H and O–H groups in total. The summed E-state index contributed by atoms with van der Waals surface area (Å²) in [5, 5.41) is 6.40. The summed E-state index contributed by atoms with van der Waals surface area (Å²) in [6.07, 6.45) is 3.87. The van der Waals surface area contributed by atoms with Gasteiger partial charge in [-0.25, -0.2) is 0 Å². The Kier molecular flexibility index (Phi) is 7.68. The molecule has 3 nitrogen and oxygen atoms in total. The minimum absolute atomic E-state index is 0.820. The second-order valence-corrected chi connectivity index (χ2v) is 9.12. The summed E-state index contributed by atoms with van der Waals surface area (Å²) in [6.45, 7) is 10.0. The van der Waals surface area contributed by atoms with E-state index in [-0.39, 0.29) is 0 Å². The molecule has 3 rings (SSSR count). The Balaban J connectivity index is 1.57. The van der Waals surface area contributed by atoms with Crippen molar-refractivity contribution in [2.45, 2.75) is 39.7 Å². The van der Waals surface area contributed by atoms with Crippen molar-refractivity contribution in [1.29, 1.82) is 0 Å². The van der Waals surface area contributed by atoms with Crippen LogP contribution in [0.3, 0.4) is 0 Å². The Morgan fingerprint density at radius 2 is 2.22 bits per heavy atom. The SMILES string of the molecule is Cc1cccc(NC(=S)N(CCCN2CCC[C@@H](C)C2)Cc2cccs2)c1. The molecule has 1 aliphatic rings. The van der Waals surface area contributed by atoms with Gasteiger partial charge in [0.1, 0.15) is 0 Å². The third-order valence-corrected chi connectivity index (χ3v) is 6.35. The molecule has 1 atom stereocenters. The Morgan fingerprint density at radius 3 is 2.96 bits per heavy atom. The monoisotopic (exact) mass is 401 g/mol. The molecule has 1 saturated heterocycles. The molecular formula is C22H31N3S2. The summed E-state index contributed by atoms with van der Waals surface area (Å²) in [7, 11) is 0. The zero-order valence-electron chi connectivity index (χ0n) is 16.5. The standard InChI is InChI=1S/C22H31N3S2/c1-18-7-3-9-20(15-18)23-22(26)25(17-21-10-5-14-27-21)13-6-12-24-11-4-8-19(2)16-24/h3,5,7,9-10,14-15,19H,4,6,8,11-13,16-17H2,1-2H3,(H,23,26)/t19-/m1/s1. The average molecular weight is 402 g/mol. The quantitative estimate of drug-likeness (QED) is 0.628. The van der Waals surface area contributed by atoms with Crippen molar-refractivity contribution in [2.24, 2.45) is 5.92 Å². The highest BCUT2D eigenvalue weighted by Crippen LogP contribution is 2.17. The molecule has 1 aromatic heterocycles. The van der Waals surface area contributed by atoms with E-state index in [1.54, 1.807) is 11.3 Å². The molecule has 0 bridgehead atoms. The molecule has 27 heavy (non-hydrogen) atoms. The van der Waals surface area contributed by atoms with E-state index in [0.29, 0.717) is 0 Å². The van der Waals surface area contributed by atoms with Crippen LogP contribution >= 0.6 is 23.6 Å². The Bertz CT molecular complexity index is 714. The number of likely N-dealkylation sites (tertiary alicyclic amines) is 1. The van der Waals surface area contributed by atoms with Gasteiger partial charge < -0.3 is 15.1 Å². The van der Waals surface area contributed by atoms with Crippen molar-refractivity contribution in [1.82, 2.24) is 9.80 Å². The van der Waals surface area contributed by atoms with Gasteiger partial charge in [0.2, 0.25) is 0 Å². The first-order valence-electron chi connectivity index (χ1n) is 9.97. The highest BCUT2D eigenvalue weighted by atomic mass is 32.1. The van der Waals surface area contributed by atoms with E-state index in [1.807, 2.05) is 0 Å². The highest BCUT2D eigenvalue weighted by molar-refractivity contribution is 7.80. The van der Waals surface area contributed by atoms with Gasteiger partial charge in [0.15, 0.2) is 5.11 Å². The third kappa shape index (κ3) is 6.59. The van der Waals surface area contributed by atoms with E-state index in [1.165, 1.54) is 42.9 Å². The minimum atomic E-state index is 0.820. The van der Waals surface area contributed by atoms with Gasteiger partial charge in [-0.05, 0) is 86.6 Å². The van der Waals surface area contributed by atoms with Crippen LogP contribution in [0.15, 0.2) is 41.8 Å². The Labute approximate surface area is 173 Å². The largest absolute Gasteiger partial charge is 0.344 e. The van der Waals surface area contributed by atoms with E-state index >= 15 is 0 Å². The van der Waals surface area contributed by atoms with Crippen LogP contribution in [0.1, 0.15) is 36.6 Å². The van der Waals surface area contributed by atoms with Gasteiger partial charge in [0, 0.05) is 23.7 Å². The van der Waals surface area contributed by atoms with Crippen LogP contribution in [0.4, 0.5) is 5.69 Å². The molecule has 0 radical (unpaired) electrons. The predicted molar refractivity (Wildman–Crippen MR) is 122 cm³/mol. The van der Waals surface area contributed by atoms with Crippen molar-refractivity contribution in [3.8, 4) is 0 Å². The first kappa shape index (κ1) is 20.3. The van der Waals surface area contributed by atoms with Crippen LogP contribution in [0.5, 0.6) is 0 Å². The van der Waals surface area contributed by atoms with Gasteiger partial charge >= 0.3 is 0 Å². The van der Waals surface area contributed by atoms with E-state index in [2.05, 4.69) is 70.7 Å². The summed E-state index contributed by atoms with van der Waals surface area (Å²) in [6, 6.07) is 12.7. The van der Waals surface area contributed by atoms with Crippen molar-refractivity contribution in [3.63, 3.8) is 0 Å². The number of benzene rings is 1. The van der Waals surface area contributed by atoms with Crippen LogP contribution < -0.4 is 5.32 Å². The number of anilines is 1. The van der Waals surface area contributed by atoms with Crippen LogP contribution in [0.25, 0.3) is 0 Å². The lowest BCUT2D eigenvalue weighted by molar-refractivity contribution is 0.177. The molecule has 1 fully saturated rings. The van der Waals surface area contributed by atoms with Crippen LogP contribution in [-0.4, -0.2) is 41.1 Å². The fourth-order valence-electron chi connectivity index (χ4n) is 3.74. The molecule has 0 spiro atoms. The van der Waals surface area contributed by atoms with Gasteiger partial charge in [-0.3, -0.25) is 0 Å². The first-order valence-corrected chi connectivity index (χ1v) is 11.3. The number of hydrogen-bond donors (Lipinski definition) is 1. The number of piperidine rings is 1. The molecule has 0 saturated carbocycles. The van der Waals surface area contributed by atoms with E-state index < -0.39 is 0 Å². The van der Waals surface area contributed by atoms with Crippen LogP contribution in [-0.2, 0) is 6.54 Å².